The Balaban J connectivity index is 2.77. The molecule has 1 saturated heterocycles. The standard InChI is InChI=1S/C4H11N5O4/c5-2(4(8,9)13-2)3(6,7)12-1(10)11/h5-9H2,(H,10,11). The van der Waals surface area contributed by atoms with E-state index in [4.69, 9.17) is 33.8 Å². The topological polar surface area (TPSA) is 189 Å². The molecule has 11 N–H and O–H groups in total. The molecule has 0 bridgehead atoms. The predicted molar refractivity (Wildman–Crippen MR) is 39.3 cm³/mol. The quantitative estimate of drug-likeness (QED) is 0.147. The maximum absolute atomic E-state index is 10.1. The fraction of sp³-hybridized carbons (Fsp3) is 0.750. The summed E-state index contributed by atoms with van der Waals surface area (Å²) in [4.78, 5) is 10.1. The van der Waals surface area contributed by atoms with Crippen LogP contribution >= 0.6 is 0 Å². The van der Waals surface area contributed by atoms with Gasteiger partial charge in [0.15, 0.2) is 0 Å². The minimum absolute atomic E-state index is 1.71. The van der Waals surface area contributed by atoms with E-state index in [1.165, 1.54) is 0 Å². The van der Waals surface area contributed by atoms with Crippen molar-refractivity contribution in [1.29, 1.82) is 0 Å². The van der Waals surface area contributed by atoms with Gasteiger partial charge in [-0.1, -0.05) is 0 Å². The molecular formula is C4H11N5O4. The van der Waals surface area contributed by atoms with Gasteiger partial charge in [0.1, 0.15) is 0 Å². The Hall–Kier alpha value is -0.970. The zero-order valence-electron chi connectivity index (χ0n) is 6.56. The molecule has 1 heterocycles. The Morgan fingerprint density at radius 3 is 2.00 bits per heavy atom. The zero-order valence-corrected chi connectivity index (χ0v) is 6.56. The van der Waals surface area contributed by atoms with Crippen LogP contribution in [0.1, 0.15) is 0 Å². The Morgan fingerprint density at radius 2 is 1.77 bits per heavy atom. The lowest BCUT2D eigenvalue weighted by molar-refractivity contribution is -0.0616. The van der Waals surface area contributed by atoms with Gasteiger partial charge in [0, 0.05) is 0 Å². The van der Waals surface area contributed by atoms with Crippen LogP contribution < -0.4 is 28.7 Å². The average molecular weight is 193 g/mol. The van der Waals surface area contributed by atoms with Gasteiger partial charge in [-0.15, -0.1) is 0 Å². The van der Waals surface area contributed by atoms with E-state index in [1.54, 1.807) is 0 Å². The summed E-state index contributed by atoms with van der Waals surface area (Å²) < 4.78 is 8.61. The van der Waals surface area contributed by atoms with E-state index in [0.717, 1.165) is 0 Å². The molecule has 0 aromatic rings. The fourth-order valence-electron chi connectivity index (χ4n) is 0.846. The van der Waals surface area contributed by atoms with Crippen molar-refractivity contribution in [2.75, 3.05) is 0 Å². The SMILES string of the molecule is NC(N)(OC(=O)O)C1(N)OC1(N)N. The Morgan fingerprint density at radius 1 is 1.38 bits per heavy atom. The number of ether oxygens (including phenoxy) is 2. The number of carboxylic acid groups (broad SMARTS) is 1. The van der Waals surface area contributed by atoms with E-state index < -0.39 is 23.6 Å². The van der Waals surface area contributed by atoms with Crippen LogP contribution in [-0.2, 0) is 9.47 Å². The van der Waals surface area contributed by atoms with E-state index in [-0.39, 0.29) is 0 Å². The van der Waals surface area contributed by atoms with Gasteiger partial charge in [0.2, 0.25) is 11.6 Å². The molecule has 0 aromatic heterocycles. The van der Waals surface area contributed by atoms with Crippen LogP contribution in [0.2, 0.25) is 0 Å². The molecule has 0 saturated carbocycles. The van der Waals surface area contributed by atoms with Gasteiger partial charge in [-0.25, -0.2) is 4.79 Å². The summed E-state index contributed by atoms with van der Waals surface area (Å²) in [5.41, 5.74) is 24.2. The van der Waals surface area contributed by atoms with Crippen LogP contribution in [0, 0.1) is 0 Å². The van der Waals surface area contributed by atoms with Gasteiger partial charge in [-0.2, -0.15) is 0 Å². The first kappa shape index (κ1) is 10.1. The fourth-order valence-corrected chi connectivity index (χ4v) is 0.846. The molecule has 76 valence electrons. The van der Waals surface area contributed by atoms with E-state index in [0.29, 0.717) is 0 Å². The highest BCUT2D eigenvalue weighted by Gasteiger charge is 2.75. The maximum atomic E-state index is 10.1. The average Bonchev–Trinajstić information content (AvgIpc) is 2.30. The molecule has 9 heteroatoms. The van der Waals surface area contributed by atoms with Crippen LogP contribution in [0.15, 0.2) is 0 Å². The molecule has 0 aliphatic carbocycles. The minimum Gasteiger partial charge on any atom is -0.450 e. The molecule has 1 aliphatic heterocycles. The van der Waals surface area contributed by atoms with Crippen molar-refractivity contribution in [2.24, 2.45) is 28.7 Å². The van der Waals surface area contributed by atoms with Crippen molar-refractivity contribution >= 4 is 6.16 Å². The first-order chi connectivity index (χ1) is 5.62. The first-order valence-corrected chi connectivity index (χ1v) is 3.19. The number of hydrogen-bond donors (Lipinski definition) is 6. The number of nitrogens with two attached hydrogens (primary N) is 5. The maximum Gasteiger partial charge on any atom is 0.508 e. The molecule has 13 heavy (non-hydrogen) atoms. The number of hydrogen-bond acceptors (Lipinski definition) is 8. The summed E-state index contributed by atoms with van der Waals surface area (Å²) >= 11 is 0. The predicted octanol–water partition coefficient (Wildman–Crippen LogP) is -3.49. The normalized spacial score (nSPS) is 31.2. The van der Waals surface area contributed by atoms with Gasteiger partial charge >= 0.3 is 6.16 Å². The van der Waals surface area contributed by atoms with E-state index >= 15 is 0 Å². The molecule has 1 unspecified atom stereocenters. The highest BCUT2D eigenvalue weighted by molar-refractivity contribution is 5.57. The van der Waals surface area contributed by atoms with Gasteiger partial charge < -0.3 is 14.6 Å². The molecule has 9 nitrogen and oxygen atoms in total. The van der Waals surface area contributed by atoms with E-state index in [2.05, 4.69) is 9.47 Å². The molecule has 1 rings (SSSR count). The second-order valence-electron chi connectivity index (χ2n) is 2.79. The van der Waals surface area contributed by atoms with Crippen molar-refractivity contribution in [1.82, 2.24) is 0 Å². The Bertz CT molecular complexity index is 253. The highest BCUT2D eigenvalue weighted by Crippen LogP contribution is 2.40. The Labute approximate surface area is 72.7 Å². The smallest absolute Gasteiger partial charge is 0.450 e. The molecule has 0 spiro atoms. The second-order valence-corrected chi connectivity index (χ2v) is 2.79. The lowest BCUT2D eigenvalue weighted by Crippen LogP contribution is -2.72. The van der Waals surface area contributed by atoms with Crippen molar-refractivity contribution < 1.29 is 19.4 Å². The summed E-state index contributed by atoms with van der Waals surface area (Å²) in [6, 6.07) is 0. The molecular weight excluding hydrogens is 182 g/mol. The molecule has 1 aliphatic rings. The summed E-state index contributed by atoms with van der Waals surface area (Å²) in [5.74, 6) is -4.08. The van der Waals surface area contributed by atoms with Crippen LogP contribution in [0.3, 0.4) is 0 Å². The third kappa shape index (κ3) is 1.33. The highest BCUT2D eigenvalue weighted by atomic mass is 16.7. The van der Waals surface area contributed by atoms with Gasteiger partial charge in [0.05, 0.1) is 0 Å². The molecule has 0 amide bonds. The molecule has 0 radical (unpaired) electrons. The second kappa shape index (κ2) is 2.29. The zero-order chi connectivity index (χ0) is 10.5. The summed E-state index contributed by atoms with van der Waals surface area (Å²) in [6.45, 7) is 0. The minimum atomic E-state index is -2.29. The number of carbonyl (C=O) groups is 1. The summed E-state index contributed by atoms with van der Waals surface area (Å²) in [5, 5.41) is 8.24. The molecule has 1 fully saturated rings. The van der Waals surface area contributed by atoms with Crippen molar-refractivity contribution in [3.05, 3.63) is 0 Å². The van der Waals surface area contributed by atoms with Crippen LogP contribution in [0.25, 0.3) is 0 Å². The Kier molecular flexibility index (Phi) is 1.78. The lowest BCUT2D eigenvalue weighted by atomic mass is 10.1. The number of epoxide rings is 1. The van der Waals surface area contributed by atoms with Crippen molar-refractivity contribution in [3.8, 4) is 0 Å². The first-order valence-electron chi connectivity index (χ1n) is 3.19. The molecule has 0 aromatic carbocycles. The number of rotatable bonds is 2. The summed E-state index contributed by atoms with van der Waals surface area (Å²) in [6.07, 6.45) is -1.71. The van der Waals surface area contributed by atoms with Crippen molar-refractivity contribution in [2.45, 2.75) is 17.4 Å². The lowest BCUT2D eigenvalue weighted by Gasteiger charge is -2.27. The van der Waals surface area contributed by atoms with E-state index in [9.17, 15) is 4.79 Å². The van der Waals surface area contributed by atoms with Gasteiger partial charge in [0.25, 0.3) is 5.85 Å². The largest absolute Gasteiger partial charge is 0.508 e. The molecule has 1 atom stereocenters. The van der Waals surface area contributed by atoms with E-state index in [1.807, 2.05) is 0 Å². The van der Waals surface area contributed by atoms with Crippen LogP contribution in [0.5, 0.6) is 0 Å². The van der Waals surface area contributed by atoms with Crippen LogP contribution in [-0.4, -0.2) is 28.7 Å². The third-order valence-corrected chi connectivity index (χ3v) is 1.71. The monoisotopic (exact) mass is 193 g/mol. The summed E-state index contributed by atoms with van der Waals surface area (Å²) in [7, 11) is 0. The van der Waals surface area contributed by atoms with Gasteiger partial charge in [-0.05, 0) is 0 Å². The van der Waals surface area contributed by atoms with Crippen molar-refractivity contribution in [3.63, 3.8) is 0 Å². The van der Waals surface area contributed by atoms with Gasteiger partial charge in [-0.3, -0.25) is 28.7 Å². The third-order valence-electron chi connectivity index (χ3n) is 1.71. The van der Waals surface area contributed by atoms with Crippen LogP contribution in [0.4, 0.5) is 4.79 Å².